The molecule has 3 heterocycles. The minimum Gasteiger partial charge on any atom is -0.423 e. The molecule has 5 rings (SSSR count). The number of fused-ring (bicyclic) bond motifs is 1. The molecule has 32 heavy (non-hydrogen) atoms. The standard InChI is InChI=1S/C21H13F2N7O2/c1-11-27-19-12(21-29-26-10-32-21)4-2-7-15(19)30(11)17-9-24-16(8-25-17)28-20(31)18-13(22)5-3-6-14(18)23/h2-10H,1H3,(H,24,28,31). The second-order valence-corrected chi connectivity index (χ2v) is 6.72. The second kappa shape index (κ2) is 7.61. The molecule has 158 valence electrons. The van der Waals surface area contributed by atoms with Gasteiger partial charge < -0.3 is 9.73 Å². The van der Waals surface area contributed by atoms with Crippen LogP contribution >= 0.6 is 0 Å². The van der Waals surface area contributed by atoms with E-state index >= 15 is 0 Å². The van der Waals surface area contributed by atoms with Crippen molar-refractivity contribution in [1.82, 2.24) is 29.7 Å². The van der Waals surface area contributed by atoms with Gasteiger partial charge in [0.15, 0.2) is 11.6 Å². The number of rotatable bonds is 4. The van der Waals surface area contributed by atoms with Crippen LogP contribution in [0.15, 0.2) is 59.6 Å². The summed E-state index contributed by atoms with van der Waals surface area (Å²) in [7, 11) is 0. The summed E-state index contributed by atoms with van der Waals surface area (Å²) >= 11 is 0. The molecule has 0 saturated carbocycles. The minimum absolute atomic E-state index is 0.0371. The topological polar surface area (TPSA) is 112 Å². The number of anilines is 1. The van der Waals surface area contributed by atoms with Crippen LogP contribution in [0.5, 0.6) is 0 Å². The molecular weight excluding hydrogens is 420 g/mol. The van der Waals surface area contributed by atoms with Crippen molar-refractivity contribution >= 4 is 22.8 Å². The first-order valence-corrected chi connectivity index (χ1v) is 9.35. The van der Waals surface area contributed by atoms with Crippen LogP contribution < -0.4 is 5.32 Å². The monoisotopic (exact) mass is 433 g/mol. The van der Waals surface area contributed by atoms with Crippen LogP contribution in [0, 0.1) is 18.6 Å². The van der Waals surface area contributed by atoms with Crippen molar-refractivity contribution < 1.29 is 18.0 Å². The lowest BCUT2D eigenvalue weighted by atomic mass is 10.2. The third-order valence-corrected chi connectivity index (χ3v) is 4.74. The molecule has 1 amide bonds. The molecular formula is C21H13F2N7O2. The van der Waals surface area contributed by atoms with Crippen molar-refractivity contribution in [3.63, 3.8) is 0 Å². The van der Waals surface area contributed by atoms with Crippen LogP contribution in [-0.4, -0.2) is 35.6 Å². The zero-order chi connectivity index (χ0) is 22.2. The summed E-state index contributed by atoms with van der Waals surface area (Å²) in [5, 5.41) is 9.99. The second-order valence-electron chi connectivity index (χ2n) is 6.72. The lowest BCUT2D eigenvalue weighted by Gasteiger charge is -2.08. The van der Waals surface area contributed by atoms with E-state index in [-0.39, 0.29) is 5.82 Å². The molecule has 0 atom stereocenters. The number of halogens is 2. The van der Waals surface area contributed by atoms with Crippen LogP contribution in [-0.2, 0) is 0 Å². The van der Waals surface area contributed by atoms with E-state index in [9.17, 15) is 13.6 Å². The van der Waals surface area contributed by atoms with E-state index in [0.29, 0.717) is 28.6 Å². The highest BCUT2D eigenvalue weighted by Gasteiger charge is 2.19. The van der Waals surface area contributed by atoms with Gasteiger partial charge in [0.05, 0.1) is 23.5 Å². The molecule has 0 aliphatic rings. The first kappa shape index (κ1) is 19.4. The number of aryl methyl sites for hydroxylation is 1. The first-order chi connectivity index (χ1) is 15.5. The number of amides is 1. The molecule has 9 nitrogen and oxygen atoms in total. The maximum atomic E-state index is 13.8. The van der Waals surface area contributed by atoms with Gasteiger partial charge in [0, 0.05) is 0 Å². The van der Waals surface area contributed by atoms with Gasteiger partial charge in [-0.15, -0.1) is 10.2 Å². The van der Waals surface area contributed by atoms with Crippen LogP contribution in [0.25, 0.3) is 28.3 Å². The quantitative estimate of drug-likeness (QED) is 0.460. The van der Waals surface area contributed by atoms with E-state index in [1.807, 2.05) is 18.2 Å². The molecule has 0 aliphatic carbocycles. The number of carbonyl (C=O) groups excluding carboxylic acids is 1. The number of nitrogens with one attached hydrogen (secondary N) is 1. The number of imidazole rings is 1. The average Bonchev–Trinajstić information content (AvgIpc) is 3.41. The van der Waals surface area contributed by atoms with E-state index in [4.69, 9.17) is 4.42 Å². The third kappa shape index (κ3) is 3.25. The average molecular weight is 433 g/mol. The summed E-state index contributed by atoms with van der Waals surface area (Å²) in [6.07, 6.45) is 3.95. The summed E-state index contributed by atoms with van der Waals surface area (Å²) in [4.78, 5) is 25.3. The molecule has 0 spiro atoms. The Hall–Kier alpha value is -4.54. The van der Waals surface area contributed by atoms with Gasteiger partial charge in [-0.1, -0.05) is 12.1 Å². The van der Waals surface area contributed by atoms with Gasteiger partial charge in [0.25, 0.3) is 5.91 Å². The fourth-order valence-electron chi connectivity index (χ4n) is 3.36. The molecule has 11 heteroatoms. The van der Waals surface area contributed by atoms with E-state index < -0.39 is 23.1 Å². The fourth-order valence-corrected chi connectivity index (χ4v) is 3.36. The van der Waals surface area contributed by atoms with E-state index in [2.05, 4.69) is 30.5 Å². The van der Waals surface area contributed by atoms with Crippen molar-refractivity contribution in [2.45, 2.75) is 6.92 Å². The lowest BCUT2D eigenvalue weighted by molar-refractivity contribution is 0.101. The zero-order valence-corrected chi connectivity index (χ0v) is 16.5. The van der Waals surface area contributed by atoms with Crippen LogP contribution in [0.2, 0.25) is 0 Å². The van der Waals surface area contributed by atoms with Gasteiger partial charge in [0.2, 0.25) is 12.3 Å². The van der Waals surface area contributed by atoms with Gasteiger partial charge in [-0.25, -0.2) is 23.7 Å². The maximum absolute atomic E-state index is 13.8. The SMILES string of the molecule is Cc1nc2c(-c3nnco3)cccc2n1-c1cnc(NC(=O)c2c(F)cccc2F)cn1. The minimum atomic E-state index is -0.968. The van der Waals surface area contributed by atoms with Crippen molar-refractivity contribution in [3.05, 3.63) is 78.2 Å². The van der Waals surface area contributed by atoms with Gasteiger partial charge in [-0.05, 0) is 31.2 Å². The van der Waals surface area contributed by atoms with E-state index in [0.717, 1.165) is 17.6 Å². The van der Waals surface area contributed by atoms with Crippen LogP contribution in [0.3, 0.4) is 0 Å². The molecule has 0 aliphatic heterocycles. The first-order valence-electron chi connectivity index (χ1n) is 9.35. The highest BCUT2D eigenvalue weighted by molar-refractivity contribution is 6.04. The number of benzene rings is 2. The van der Waals surface area contributed by atoms with Gasteiger partial charge >= 0.3 is 0 Å². The number of para-hydroxylation sites is 1. The smallest absolute Gasteiger partial charge is 0.262 e. The third-order valence-electron chi connectivity index (χ3n) is 4.74. The highest BCUT2D eigenvalue weighted by Crippen LogP contribution is 2.29. The molecule has 0 radical (unpaired) electrons. The summed E-state index contributed by atoms with van der Waals surface area (Å²) in [5.74, 6) is -1.46. The maximum Gasteiger partial charge on any atom is 0.262 e. The molecule has 1 N–H and O–H groups in total. The Bertz CT molecular complexity index is 1430. The predicted molar refractivity (Wildman–Crippen MR) is 109 cm³/mol. The molecule has 2 aromatic carbocycles. The van der Waals surface area contributed by atoms with Crippen molar-refractivity contribution in [1.29, 1.82) is 0 Å². The summed E-state index contributed by atoms with van der Waals surface area (Å²) in [6, 6.07) is 8.68. The Morgan fingerprint density at radius 1 is 1.06 bits per heavy atom. The summed E-state index contributed by atoms with van der Waals surface area (Å²) in [5.41, 5.74) is 1.36. The molecule has 3 aromatic heterocycles. The van der Waals surface area contributed by atoms with Crippen molar-refractivity contribution in [2.24, 2.45) is 0 Å². The number of aromatic nitrogens is 6. The van der Waals surface area contributed by atoms with Gasteiger partial charge in [-0.2, -0.15) is 0 Å². The number of hydrogen-bond donors (Lipinski definition) is 1. The normalized spacial score (nSPS) is 11.1. The van der Waals surface area contributed by atoms with Crippen LogP contribution in [0.1, 0.15) is 16.2 Å². The Morgan fingerprint density at radius 2 is 1.84 bits per heavy atom. The van der Waals surface area contributed by atoms with Gasteiger partial charge in [-0.3, -0.25) is 9.36 Å². The van der Waals surface area contributed by atoms with Crippen molar-refractivity contribution in [2.75, 3.05) is 5.32 Å². The Kier molecular flexibility index (Phi) is 4.62. The molecule has 0 bridgehead atoms. The fraction of sp³-hybridized carbons (Fsp3) is 0.0476. The lowest BCUT2D eigenvalue weighted by Crippen LogP contribution is -2.17. The molecule has 0 fully saturated rings. The number of hydrogen-bond acceptors (Lipinski definition) is 7. The van der Waals surface area contributed by atoms with Gasteiger partial charge in [0.1, 0.15) is 28.5 Å². The van der Waals surface area contributed by atoms with E-state index in [1.54, 1.807) is 11.5 Å². The molecule has 0 saturated heterocycles. The largest absolute Gasteiger partial charge is 0.423 e. The zero-order valence-electron chi connectivity index (χ0n) is 16.5. The van der Waals surface area contributed by atoms with Crippen molar-refractivity contribution in [3.8, 4) is 17.3 Å². The highest BCUT2D eigenvalue weighted by atomic mass is 19.1. The summed E-state index contributed by atoms with van der Waals surface area (Å²) in [6.45, 7) is 1.80. The van der Waals surface area contributed by atoms with E-state index in [1.165, 1.54) is 24.9 Å². The Balaban J connectivity index is 1.48. The molecule has 0 unspecified atom stereocenters. The molecule has 5 aromatic rings. The predicted octanol–water partition coefficient (Wildman–Crippen LogP) is 3.70. The number of nitrogens with zero attached hydrogens (tertiary/aromatic N) is 6. The summed E-state index contributed by atoms with van der Waals surface area (Å²) < 4.78 is 34.7. The Morgan fingerprint density at radius 3 is 2.53 bits per heavy atom. The Labute approximate surface area is 178 Å². The number of carbonyl (C=O) groups is 1. The van der Waals surface area contributed by atoms with Crippen LogP contribution in [0.4, 0.5) is 14.6 Å².